The van der Waals surface area contributed by atoms with Gasteiger partial charge >= 0.3 is 5.97 Å². The first-order chi connectivity index (χ1) is 10.5. The summed E-state index contributed by atoms with van der Waals surface area (Å²) >= 11 is 0. The number of carbonyl (C=O) groups is 1. The predicted octanol–water partition coefficient (Wildman–Crippen LogP) is 2.09. The lowest BCUT2D eigenvalue weighted by Crippen LogP contribution is -1.98. The summed E-state index contributed by atoms with van der Waals surface area (Å²) in [5, 5.41) is 35.0. The Kier molecular flexibility index (Phi) is 4.38. The molecule has 0 aliphatic heterocycles. The molecule has 0 amide bonds. The first-order valence-electron chi connectivity index (χ1n) is 6.21. The minimum Gasteiger partial charge on any atom is -0.508 e. The van der Waals surface area contributed by atoms with Crippen molar-refractivity contribution in [2.75, 3.05) is 0 Å². The van der Waals surface area contributed by atoms with Gasteiger partial charge in [0, 0.05) is 12.1 Å². The number of aliphatic carboxylic acids is 1. The van der Waals surface area contributed by atoms with Crippen LogP contribution in [0.5, 0.6) is 11.5 Å². The van der Waals surface area contributed by atoms with Gasteiger partial charge in [0.05, 0.1) is 0 Å². The molecule has 1 aromatic heterocycles. The highest BCUT2D eigenvalue weighted by molar-refractivity contribution is 5.78. The van der Waals surface area contributed by atoms with Gasteiger partial charge in [-0.05, 0) is 24.3 Å². The van der Waals surface area contributed by atoms with E-state index >= 15 is 0 Å². The van der Waals surface area contributed by atoms with Gasteiger partial charge in [0.25, 0.3) is 0 Å². The summed E-state index contributed by atoms with van der Waals surface area (Å²) in [6, 6.07) is 11.7. The molecule has 7 heteroatoms. The molecule has 3 N–H and O–H groups in total. The van der Waals surface area contributed by atoms with Crippen LogP contribution in [-0.2, 0) is 4.79 Å². The summed E-state index contributed by atoms with van der Waals surface area (Å²) < 4.78 is 0. The number of hydrogen-bond donors (Lipinski definition) is 3. The van der Waals surface area contributed by atoms with Crippen molar-refractivity contribution < 1.29 is 20.1 Å². The van der Waals surface area contributed by atoms with E-state index in [1.165, 1.54) is 16.9 Å². The lowest BCUT2D eigenvalue weighted by molar-refractivity contribution is -0.131. The van der Waals surface area contributed by atoms with Crippen molar-refractivity contribution >= 4 is 17.0 Å². The molecule has 22 heavy (non-hydrogen) atoms. The maximum absolute atomic E-state index is 9.71. The highest BCUT2D eigenvalue weighted by Gasteiger charge is 2.08. The van der Waals surface area contributed by atoms with E-state index in [1.54, 1.807) is 6.07 Å². The molecule has 3 rings (SSSR count). The van der Waals surface area contributed by atoms with Crippen LogP contribution in [0, 0.1) is 0 Å². The normalized spacial score (nSPS) is 9.82. The van der Waals surface area contributed by atoms with E-state index < -0.39 is 5.97 Å². The Morgan fingerprint density at radius 3 is 2.09 bits per heavy atom. The third kappa shape index (κ3) is 3.40. The fraction of sp³-hybridized carbons (Fsp3) is 0. The molecule has 0 atom stereocenters. The third-order valence-electron chi connectivity index (χ3n) is 2.64. The first-order valence-corrected chi connectivity index (χ1v) is 6.21. The van der Waals surface area contributed by atoms with Gasteiger partial charge in [-0.15, -0.1) is 15.0 Å². The molecule has 0 saturated carbocycles. The van der Waals surface area contributed by atoms with E-state index in [0.717, 1.165) is 17.1 Å². The molecule has 0 radical (unpaired) electrons. The molecule has 0 bridgehead atoms. The lowest BCUT2D eigenvalue weighted by atomic mass is 10.3. The van der Waals surface area contributed by atoms with E-state index in [-0.39, 0.29) is 11.5 Å². The fourth-order valence-corrected chi connectivity index (χ4v) is 1.65. The summed E-state index contributed by atoms with van der Waals surface area (Å²) in [6.45, 7) is 2.96. The van der Waals surface area contributed by atoms with Crippen LogP contribution < -0.4 is 0 Å². The van der Waals surface area contributed by atoms with Crippen molar-refractivity contribution in [2.45, 2.75) is 0 Å². The number of aromatic nitrogens is 3. The van der Waals surface area contributed by atoms with E-state index in [1.807, 2.05) is 24.3 Å². The molecule has 7 nitrogen and oxygen atoms in total. The quantitative estimate of drug-likeness (QED) is 0.625. The Morgan fingerprint density at radius 1 is 1.09 bits per heavy atom. The van der Waals surface area contributed by atoms with E-state index in [4.69, 9.17) is 5.11 Å². The number of benzene rings is 2. The molecular weight excluding hydrogens is 286 g/mol. The van der Waals surface area contributed by atoms with Gasteiger partial charge in [0.15, 0.2) is 0 Å². The molecule has 0 aliphatic rings. The van der Waals surface area contributed by atoms with Crippen LogP contribution in [-0.4, -0.2) is 36.3 Å². The van der Waals surface area contributed by atoms with Gasteiger partial charge in [-0.3, -0.25) is 0 Å². The molecule has 0 fully saturated rings. The van der Waals surface area contributed by atoms with E-state index in [2.05, 4.69) is 16.8 Å². The molecule has 2 aromatic carbocycles. The average Bonchev–Trinajstić information content (AvgIpc) is 2.91. The number of aromatic hydroxyl groups is 2. The second-order valence-corrected chi connectivity index (χ2v) is 4.19. The van der Waals surface area contributed by atoms with Crippen LogP contribution in [0.15, 0.2) is 55.1 Å². The first kappa shape index (κ1) is 15.0. The molecule has 112 valence electrons. The van der Waals surface area contributed by atoms with Crippen LogP contribution in [0.25, 0.3) is 16.7 Å². The van der Waals surface area contributed by atoms with Crippen molar-refractivity contribution in [3.63, 3.8) is 0 Å². The van der Waals surface area contributed by atoms with Crippen molar-refractivity contribution in [3.05, 3.63) is 55.1 Å². The van der Waals surface area contributed by atoms with Gasteiger partial charge in [0.1, 0.15) is 28.2 Å². The molecule has 1 heterocycles. The summed E-state index contributed by atoms with van der Waals surface area (Å²) in [5.74, 6) is -1.04. The van der Waals surface area contributed by atoms with Gasteiger partial charge in [-0.2, -0.15) is 0 Å². The summed E-state index contributed by atoms with van der Waals surface area (Å²) in [7, 11) is 0. The summed E-state index contributed by atoms with van der Waals surface area (Å²) in [6.07, 6.45) is 0.833. The number of phenols is 2. The summed E-state index contributed by atoms with van der Waals surface area (Å²) in [4.78, 5) is 10.6. The molecule has 0 spiro atoms. The van der Waals surface area contributed by atoms with Gasteiger partial charge in [-0.1, -0.05) is 18.7 Å². The minimum atomic E-state index is -0.981. The van der Waals surface area contributed by atoms with Crippen molar-refractivity contribution in [1.29, 1.82) is 0 Å². The Bertz CT molecular complexity index is 794. The molecular formula is C15H13N3O4. The zero-order valence-corrected chi connectivity index (χ0v) is 11.4. The Balaban J connectivity index is 0.000000309. The SMILES string of the molecule is C=CC(=O)O.Oc1ccc(-n2nc3ccccc3n2)c(O)c1. The number of phenolic OH excluding ortho intramolecular Hbond substituents is 2. The largest absolute Gasteiger partial charge is 0.508 e. The number of nitrogens with zero attached hydrogens (tertiary/aromatic N) is 3. The maximum Gasteiger partial charge on any atom is 0.327 e. The fourth-order valence-electron chi connectivity index (χ4n) is 1.65. The zero-order chi connectivity index (χ0) is 16.1. The highest BCUT2D eigenvalue weighted by Crippen LogP contribution is 2.25. The number of rotatable bonds is 2. The lowest BCUT2D eigenvalue weighted by Gasteiger charge is -2.02. The van der Waals surface area contributed by atoms with Crippen LogP contribution in [0.3, 0.4) is 0 Å². The van der Waals surface area contributed by atoms with Crippen molar-refractivity contribution in [2.24, 2.45) is 0 Å². The topological polar surface area (TPSA) is 108 Å². The number of hydrogen-bond acceptors (Lipinski definition) is 5. The number of carboxylic acids is 1. The Labute approximate surface area is 125 Å². The standard InChI is InChI=1S/C12H9N3O2.C3H4O2/c16-8-5-6-11(12(17)7-8)15-13-9-3-1-2-4-10(9)14-15;1-2-3(4)5/h1-7,16-17H;2H,1H2,(H,4,5). The average molecular weight is 299 g/mol. The van der Waals surface area contributed by atoms with Gasteiger partial charge in [-0.25, -0.2) is 4.79 Å². The van der Waals surface area contributed by atoms with Crippen LogP contribution >= 0.6 is 0 Å². The Hall–Kier alpha value is -3.35. The van der Waals surface area contributed by atoms with E-state index in [0.29, 0.717) is 5.69 Å². The predicted molar refractivity (Wildman–Crippen MR) is 80.0 cm³/mol. The zero-order valence-electron chi connectivity index (χ0n) is 11.4. The second-order valence-electron chi connectivity index (χ2n) is 4.19. The van der Waals surface area contributed by atoms with Crippen LogP contribution in [0.2, 0.25) is 0 Å². The molecule has 0 saturated heterocycles. The van der Waals surface area contributed by atoms with Crippen molar-refractivity contribution in [1.82, 2.24) is 15.0 Å². The van der Waals surface area contributed by atoms with Gasteiger partial charge in [0.2, 0.25) is 0 Å². The summed E-state index contributed by atoms with van der Waals surface area (Å²) in [5.41, 5.74) is 1.93. The third-order valence-corrected chi connectivity index (χ3v) is 2.64. The molecule has 0 aliphatic carbocycles. The minimum absolute atomic E-state index is 0.00274. The number of fused-ring (bicyclic) bond motifs is 1. The second kappa shape index (κ2) is 6.40. The molecule has 3 aromatic rings. The van der Waals surface area contributed by atoms with Crippen LogP contribution in [0.1, 0.15) is 0 Å². The monoisotopic (exact) mass is 299 g/mol. The van der Waals surface area contributed by atoms with Crippen LogP contribution in [0.4, 0.5) is 0 Å². The van der Waals surface area contributed by atoms with Gasteiger partial charge < -0.3 is 15.3 Å². The highest BCUT2D eigenvalue weighted by atomic mass is 16.4. The van der Waals surface area contributed by atoms with E-state index in [9.17, 15) is 15.0 Å². The smallest absolute Gasteiger partial charge is 0.327 e. The maximum atomic E-state index is 9.71. The molecule has 0 unspecified atom stereocenters. The Morgan fingerprint density at radius 2 is 1.64 bits per heavy atom. The number of carboxylic acid groups (broad SMARTS) is 1. The van der Waals surface area contributed by atoms with Crippen molar-refractivity contribution in [3.8, 4) is 17.2 Å².